The maximum Gasteiger partial charge on any atom is 0.235 e. The Kier molecular flexibility index (Phi) is 5.39. The Morgan fingerprint density at radius 2 is 1.77 bits per heavy atom. The van der Waals surface area contributed by atoms with Crippen LogP contribution in [0.25, 0.3) is 10.9 Å². The van der Waals surface area contributed by atoms with Gasteiger partial charge in [-0.2, -0.15) is 0 Å². The van der Waals surface area contributed by atoms with E-state index in [1.807, 2.05) is 60.8 Å². The van der Waals surface area contributed by atoms with E-state index in [4.69, 9.17) is 0 Å². The summed E-state index contributed by atoms with van der Waals surface area (Å²) >= 11 is 0. The first kappa shape index (κ1) is 18.2. The van der Waals surface area contributed by atoms with Gasteiger partial charge in [0.1, 0.15) is 0 Å². The molecule has 0 radical (unpaired) electrons. The predicted molar refractivity (Wildman–Crippen MR) is 102 cm³/mol. The number of amides is 1. The van der Waals surface area contributed by atoms with Crippen LogP contribution < -0.4 is 10.0 Å². The summed E-state index contributed by atoms with van der Waals surface area (Å²) in [4.78, 5) is 15.3. The number of H-pyrrole nitrogens is 1. The highest BCUT2D eigenvalue weighted by atomic mass is 32.2. The standard InChI is InChI=1S/C19H21N3O3S/c1-26(24,25)22-13-19(23)21-11-16(14-7-3-2-4-8-14)17-12-20-18-10-6-5-9-15(17)18/h2-10,12,16,20,22H,11,13H2,1H3,(H,21,23). The van der Waals surface area contributed by atoms with E-state index in [1.54, 1.807) is 0 Å². The zero-order valence-corrected chi connectivity index (χ0v) is 15.2. The number of aromatic nitrogens is 1. The Hall–Kier alpha value is -2.64. The number of hydrogen-bond donors (Lipinski definition) is 3. The molecule has 3 N–H and O–H groups in total. The number of para-hydroxylation sites is 1. The van der Waals surface area contributed by atoms with Crippen molar-refractivity contribution in [3.63, 3.8) is 0 Å². The van der Waals surface area contributed by atoms with Crippen LogP contribution in [0.5, 0.6) is 0 Å². The Balaban J connectivity index is 1.82. The van der Waals surface area contributed by atoms with Gasteiger partial charge < -0.3 is 10.3 Å². The lowest BCUT2D eigenvalue weighted by Gasteiger charge is -2.18. The minimum absolute atomic E-state index is 0.0467. The molecular weight excluding hydrogens is 350 g/mol. The molecule has 0 fully saturated rings. The fraction of sp³-hybridized carbons (Fsp3) is 0.211. The van der Waals surface area contributed by atoms with Gasteiger partial charge in [0, 0.05) is 29.6 Å². The van der Waals surface area contributed by atoms with Crippen LogP contribution >= 0.6 is 0 Å². The van der Waals surface area contributed by atoms with Gasteiger partial charge in [-0.05, 0) is 17.2 Å². The number of rotatable bonds is 7. The molecule has 136 valence electrons. The molecule has 0 saturated carbocycles. The second kappa shape index (κ2) is 7.72. The quantitative estimate of drug-likeness (QED) is 0.593. The largest absolute Gasteiger partial charge is 0.361 e. The SMILES string of the molecule is CS(=O)(=O)NCC(=O)NCC(c1ccccc1)c1c[nH]c2ccccc12. The van der Waals surface area contributed by atoms with Crippen LogP contribution in [0.2, 0.25) is 0 Å². The van der Waals surface area contributed by atoms with Crippen molar-refractivity contribution in [2.24, 2.45) is 0 Å². The number of nitrogens with one attached hydrogen (secondary N) is 3. The molecule has 1 atom stereocenters. The van der Waals surface area contributed by atoms with Gasteiger partial charge in [-0.25, -0.2) is 13.1 Å². The summed E-state index contributed by atoms with van der Waals surface area (Å²) in [6.45, 7) is 0.102. The van der Waals surface area contributed by atoms with E-state index in [-0.39, 0.29) is 18.4 Å². The Labute approximate surface area is 152 Å². The first-order valence-electron chi connectivity index (χ1n) is 8.26. The molecule has 1 heterocycles. The van der Waals surface area contributed by atoms with Crippen molar-refractivity contribution in [1.29, 1.82) is 0 Å². The van der Waals surface area contributed by atoms with E-state index >= 15 is 0 Å². The predicted octanol–water partition coefficient (Wildman–Crippen LogP) is 1.97. The second-order valence-electron chi connectivity index (χ2n) is 6.15. The maximum absolute atomic E-state index is 12.0. The average Bonchev–Trinajstić information content (AvgIpc) is 3.05. The van der Waals surface area contributed by atoms with Crippen LogP contribution in [0, 0.1) is 0 Å². The molecule has 0 bridgehead atoms. The molecule has 0 saturated heterocycles. The number of carbonyl (C=O) groups is 1. The van der Waals surface area contributed by atoms with E-state index in [0.717, 1.165) is 28.3 Å². The highest BCUT2D eigenvalue weighted by Gasteiger charge is 2.19. The van der Waals surface area contributed by atoms with Crippen molar-refractivity contribution in [2.45, 2.75) is 5.92 Å². The summed E-state index contributed by atoms with van der Waals surface area (Å²) in [7, 11) is -3.40. The molecule has 1 unspecified atom stereocenters. The highest BCUT2D eigenvalue weighted by molar-refractivity contribution is 7.88. The summed E-state index contributed by atoms with van der Waals surface area (Å²) < 4.78 is 24.5. The molecule has 6 nitrogen and oxygen atoms in total. The highest BCUT2D eigenvalue weighted by Crippen LogP contribution is 2.30. The van der Waals surface area contributed by atoms with E-state index < -0.39 is 10.0 Å². The molecule has 0 aliphatic carbocycles. The van der Waals surface area contributed by atoms with Crippen LogP contribution in [0.4, 0.5) is 0 Å². The number of carbonyl (C=O) groups excluding carboxylic acids is 1. The molecule has 7 heteroatoms. The van der Waals surface area contributed by atoms with Crippen molar-refractivity contribution in [1.82, 2.24) is 15.0 Å². The van der Waals surface area contributed by atoms with Crippen molar-refractivity contribution in [2.75, 3.05) is 19.3 Å². The van der Waals surface area contributed by atoms with Gasteiger partial charge in [0.15, 0.2) is 0 Å². The first-order chi connectivity index (χ1) is 12.4. The molecule has 0 spiro atoms. The normalized spacial score (nSPS) is 12.8. The molecule has 0 aliphatic rings. The average molecular weight is 371 g/mol. The summed E-state index contributed by atoms with van der Waals surface area (Å²) in [5.41, 5.74) is 3.20. The van der Waals surface area contributed by atoms with Crippen LogP contribution in [0.3, 0.4) is 0 Å². The van der Waals surface area contributed by atoms with Gasteiger partial charge in [-0.1, -0.05) is 48.5 Å². The Bertz CT molecular complexity index is 997. The van der Waals surface area contributed by atoms with Crippen LogP contribution in [-0.2, 0) is 14.8 Å². The first-order valence-corrected chi connectivity index (χ1v) is 10.2. The molecule has 3 aromatic rings. The number of benzene rings is 2. The van der Waals surface area contributed by atoms with Gasteiger partial charge >= 0.3 is 0 Å². The minimum Gasteiger partial charge on any atom is -0.361 e. The minimum atomic E-state index is -3.40. The van der Waals surface area contributed by atoms with Gasteiger partial charge in [0.05, 0.1) is 12.8 Å². The third-order valence-corrected chi connectivity index (χ3v) is 4.87. The smallest absolute Gasteiger partial charge is 0.235 e. The van der Waals surface area contributed by atoms with Crippen molar-refractivity contribution in [3.05, 3.63) is 71.9 Å². The zero-order chi connectivity index (χ0) is 18.6. The van der Waals surface area contributed by atoms with E-state index in [1.165, 1.54) is 0 Å². The van der Waals surface area contributed by atoms with Gasteiger partial charge in [0.2, 0.25) is 15.9 Å². The van der Waals surface area contributed by atoms with Crippen LogP contribution in [-0.4, -0.2) is 38.7 Å². The lowest BCUT2D eigenvalue weighted by molar-refractivity contribution is -0.119. The summed E-state index contributed by atoms with van der Waals surface area (Å²) in [6, 6.07) is 17.9. The summed E-state index contributed by atoms with van der Waals surface area (Å²) in [5, 5.41) is 3.93. The molecule has 1 amide bonds. The topological polar surface area (TPSA) is 91.1 Å². The van der Waals surface area contributed by atoms with E-state index in [0.29, 0.717) is 6.54 Å². The lowest BCUT2D eigenvalue weighted by Crippen LogP contribution is -2.38. The Morgan fingerprint density at radius 1 is 1.08 bits per heavy atom. The molecule has 1 aromatic heterocycles. The van der Waals surface area contributed by atoms with Crippen molar-refractivity contribution >= 4 is 26.8 Å². The molecular formula is C19H21N3O3S. The fourth-order valence-corrected chi connectivity index (χ4v) is 3.34. The van der Waals surface area contributed by atoms with E-state index in [2.05, 4.69) is 15.0 Å². The third-order valence-electron chi connectivity index (χ3n) is 4.20. The maximum atomic E-state index is 12.0. The zero-order valence-electron chi connectivity index (χ0n) is 14.4. The molecule has 3 rings (SSSR count). The molecule has 2 aromatic carbocycles. The number of aromatic amines is 1. The molecule has 0 aliphatic heterocycles. The fourth-order valence-electron chi connectivity index (χ4n) is 2.95. The van der Waals surface area contributed by atoms with Crippen molar-refractivity contribution < 1.29 is 13.2 Å². The Morgan fingerprint density at radius 3 is 2.50 bits per heavy atom. The summed E-state index contributed by atoms with van der Waals surface area (Å²) in [5.74, 6) is -0.411. The van der Waals surface area contributed by atoms with Crippen molar-refractivity contribution in [3.8, 4) is 0 Å². The second-order valence-corrected chi connectivity index (χ2v) is 7.98. The third kappa shape index (κ3) is 4.50. The van der Waals surface area contributed by atoms with Crippen LogP contribution in [0.1, 0.15) is 17.0 Å². The van der Waals surface area contributed by atoms with Crippen LogP contribution in [0.15, 0.2) is 60.8 Å². The number of fused-ring (bicyclic) bond motifs is 1. The van der Waals surface area contributed by atoms with Gasteiger partial charge in [-0.3, -0.25) is 4.79 Å². The molecule has 26 heavy (non-hydrogen) atoms. The van der Waals surface area contributed by atoms with Gasteiger partial charge in [-0.15, -0.1) is 0 Å². The number of sulfonamides is 1. The van der Waals surface area contributed by atoms with Gasteiger partial charge in [0.25, 0.3) is 0 Å². The number of hydrogen-bond acceptors (Lipinski definition) is 3. The lowest BCUT2D eigenvalue weighted by atomic mass is 9.91. The summed E-state index contributed by atoms with van der Waals surface area (Å²) in [6.07, 6.45) is 2.99. The van der Waals surface area contributed by atoms with E-state index in [9.17, 15) is 13.2 Å². The monoisotopic (exact) mass is 371 g/mol.